The van der Waals surface area contributed by atoms with Crippen molar-refractivity contribution in [3.8, 4) is 0 Å². The Morgan fingerprint density at radius 1 is 0.667 bits per heavy atom. The van der Waals surface area contributed by atoms with Crippen molar-refractivity contribution in [2.75, 3.05) is 0 Å². The van der Waals surface area contributed by atoms with Gasteiger partial charge < -0.3 is 5.11 Å². The zero-order chi connectivity index (χ0) is 14.8. The molecule has 0 aliphatic rings. The maximum absolute atomic E-state index is 10.0. The van der Waals surface area contributed by atoms with E-state index >= 15 is 0 Å². The van der Waals surface area contributed by atoms with Gasteiger partial charge in [0.1, 0.15) is 0 Å². The summed E-state index contributed by atoms with van der Waals surface area (Å²) < 4.78 is 4.94. The molecule has 1 unspecified atom stereocenters. The maximum Gasteiger partial charge on any atom is 0.348 e. The lowest BCUT2D eigenvalue weighted by atomic mass is 9.90. The first kappa shape index (κ1) is 17.7. The Bertz CT molecular complexity index is 262. The van der Waals surface area contributed by atoms with Gasteiger partial charge in [0.25, 0.3) is 0 Å². The molecule has 1 atom stereocenters. The quantitative estimate of drug-likeness (QED) is 0.339. The largest absolute Gasteiger partial charge is 0.348 e. The lowest BCUT2D eigenvalue weighted by molar-refractivity contribution is -0.652. The lowest BCUT2D eigenvalue weighted by Crippen LogP contribution is -2.59. The normalized spacial score (nSPS) is 17.7. The van der Waals surface area contributed by atoms with Gasteiger partial charge in [0, 0.05) is 10.8 Å². The van der Waals surface area contributed by atoms with Crippen LogP contribution in [0.25, 0.3) is 0 Å². The number of hydrogen-bond donors (Lipinski definition) is 4. The summed E-state index contributed by atoms with van der Waals surface area (Å²) in [5, 5.41) is 36.6. The van der Waals surface area contributed by atoms with Crippen LogP contribution in [0.5, 0.6) is 0 Å². The second-order valence-electron chi connectivity index (χ2n) is 6.01. The molecule has 0 fully saturated rings. The first-order chi connectivity index (χ1) is 7.89. The van der Waals surface area contributed by atoms with Gasteiger partial charge in [-0.2, -0.15) is 14.7 Å². The van der Waals surface area contributed by atoms with Crippen LogP contribution in [0.3, 0.4) is 0 Å². The van der Waals surface area contributed by atoms with Gasteiger partial charge in [-0.3, -0.25) is 4.74 Å². The Balaban J connectivity index is 5.47. The van der Waals surface area contributed by atoms with E-state index in [9.17, 15) is 5.11 Å². The van der Waals surface area contributed by atoms with Crippen LogP contribution in [-0.4, -0.2) is 32.8 Å². The highest BCUT2D eigenvalue weighted by molar-refractivity contribution is 4.80. The highest BCUT2D eigenvalue weighted by atomic mass is 17.3. The predicted octanol–water partition coefficient (Wildman–Crippen LogP) is 1.86. The summed E-state index contributed by atoms with van der Waals surface area (Å²) in [5.74, 6) is -5.05. The van der Waals surface area contributed by atoms with E-state index in [4.69, 9.17) is 20.5 Å². The summed E-state index contributed by atoms with van der Waals surface area (Å²) in [7, 11) is 0. The fraction of sp³-hybridized carbons (Fsp3) is 1.00. The van der Waals surface area contributed by atoms with Crippen molar-refractivity contribution in [3.05, 3.63) is 0 Å². The topological polar surface area (TPSA) is 118 Å². The molecule has 0 aliphatic carbocycles. The monoisotopic (exact) mass is 270 g/mol. The van der Waals surface area contributed by atoms with Gasteiger partial charge in [0.15, 0.2) is 0 Å². The number of aliphatic hydroxyl groups is 1. The third-order valence-corrected chi connectivity index (χ3v) is 2.50. The molecular formula is C10H22O8. The molecular weight excluding hydrogens is 248 g/mol. The number of hydrogen-bond acceptors (Lipinski definition) is 8. The summed E-state index contributed by atoms with van der Waals surface area (Å²) >= 11 is 0. The average Bonchev–Trinajstić information content (AvgIpc) is 2.22. The molecule has 18 heavy (non-hydrogen) atoms. The maximum atomic E-state index is 10.0. The van der Waals surface area contributed by atoms with Crippen LogP contribution in [0.4, 0.5) is 0 Å². The Morgan fingerprint density at radius 3 is 1.22 bits per heavy atom. The fourth-order valence-corrected chi connectivity index (χ4v) is 0.972. The van der Waals surface area contributed by atoms with Crippen LogP contribution in [0.1, 0.15) is 41.5 Å². The molecule has 0 radical (unpaired) electrons. The summed E-state index contributed by atoms with van der Waals surface area (Å²) in [4.78, 5) is 11.9. The molecule has 0 spiro atoms. The van der Waals surface area contributed by atoms with E-state index in [0.29, 0.717) is 0 Å². The van der Waals surface area contributed by atoms with Gasteiger partial charge in [0.2, 0.25) is 0 Å². The molecule has 0 rings (SSSR count). The number of ether oxygens (including phenoxy) is 1. The minimum Gasteiger partial charge on any atom is -0.341 e. The molecule has 0 aromatic rings. The first-order valence-electron chi connectivity index (χ1n) is 5.29. The summed E-state index contributed by atoms with van der Waals surface area (Å²) in [6.07, 6.45) is 0. The Labute approximate surface area is 105 Å². The Kier molecular flexibility index (Phi) is 5.26. The zero-order valence-corrected chi connectivity index (χ0v) is 11.4. The Morgan fingerprint density at radius 2 is 1.06 bits per heavy atom. The van der Waals surface area contributed by atoms with Crippen molar-refractivity contribution >= 4 is 0 Å². The SMILES string of the molecule is CC(C)(C)C(O)(OO)OC(OO)(OO)C(C)(C)C. The van der Waals surface area contributed by atoms with Crippen LogP contribution < -0.4 is 0 Å². The summed E-state index contributed by atoms with van der Waals surface area (Å²) in [5.41, 5.74) is -2.27. The van der Waals surface area contributed by atoms with Gasteiger partial charge in [0.05, 0.1) is 0 Å². The van der Waals surface area contributed by atoms with Crippen LogP contribution in [0.2, 0.25) is 0 Å². The van der Waals surface area contributed by atoms with E-state index in [1.54, 1.807) is 0 Å². The molecule has 110 valence electrons. The van der Waals surface area contributed by atoms with E-state index in [1.807, 2.05) is 0 Å². The second-order valence-corrected chi connectivity index (χ2v) is 6.01. The van der Waals surface area contributed by atoms with Crippen LogP contribution in [-0.2, 0) is 19.4 Å². The van der Waals surface area contributed by atoms with E-state index < -0.39 is 22.8 Å². The smallest absolute Gasteiger partial charge is 0.341 e. The Hall–Kier alpha value is -0.320. The summed E-state index contributed by atoms with van der Waals surface area (Å²) in [6.45, 7) is 8.89. The van der Waals surface area contributed by atoms with E-state index in [1.165, 1.54) is 41.5 Å². The van der Waals surface area contributed by atoms with Gasteiger partial charge in [-0.15, -0.1) is 0 Å². The predicted molar refractivity (Wildman–Crippen MR) is 58.8 cm³/mol. The minimum atomic E-state index is -2.59. The van der Waals surface area contributed by atoms with E-state index in [-0.39, 0.29) is 0 Å². The van der Waals surface area contributed by atoms with Crippen LogP contribution >= 0.6 is 0 Å². The van der Waals surface area contributed by atoms with Crippen molar-refractivity contribution in [2.45, 2.75) is 53.5 Å². The van der Waals surface area contributed by atoms with Crippen LogP contribution in [0, 0.1) is 10.8 Å². The average molecular weight is 270 g/mol. The third kappa shape index (κ3) is 3.16. The molecule has 0 amide bonds. The molecule has 0 aromatic heterocycles. The molecule has 0 aromatic carbocycles. The molecule has 0 aliphatic heterocycles. The standard InChI is InChI=1S/C10H22O8/c1-7(2,3)9(11,16-12)15-10(17-13,18-14)8(4,5)6/h11-14H,1-6H3. The summed E-state index contributed by atoms with van der Waals surface area (Å²) in [6, 6.07) is 0. The minimum absolute atomic E-state index is 1.13. The molecule has 8 heteroatoms. The molecule has 0 saturated heterocycles. The first-order valence-corrected chi connectivity index (χ1v) is 5.29. The van der Waals surface area contributed by atoms with Crippen molar-refractivity contribution in [2.24, 2.45) is 10.8 Å². The van der Waals surface area contributed by atoms with Gasteiger partial charge in [-0.05, 0) is 0 Å². The van der Waals surface area contributed by atoms with Crippen molar-refractivity contribution in [3.63, 3.8) is 0 Å². The van der Waals surface area contributed by atoms with Crippen molar-refractivity contribution in [1.29, 1.82) is 0 Å². The van der Waals surface area contributed by atoms with Gasteiger partial charge >= 0.3 is 11.9 Å². The second kappa shape index (κ2) is 5.35. The van der Waals surface area contributed by atoms with Crippen molar-refractivity contribution < 1.29 is 40.3 Å². The molecule has 4 N–H and O–H groups in total. The number of rotatable bonds is 5. The van der Waals surface area contributed by atoms with Gasteiger partial charge in [-0.25, -0.2) is 15.8 Å². The molecule has 0 bridgehead atoms. The zero-order valence-electron chi connectivity index (χ0n) is 11.4. The highest BCUT2D eigenvalue weighted by Gasteiger charge is 2.58. The van der Waals surface area contributed by atoms with E-state index in [2.05, 4.69) is 14.7 Å². The highest BCUT2D eigenvalue weighted by Crippen LogP contribution is 2.42. The molecule has 8 nitrogen and oxygen atoms in total. The van der Waals surface area contributed by atoms with E-state index in [0.717, 1.165) is 0 Å². The third-order valence-electron chi connectivity index (χ3n) is 2.50. The van der Waals surface area contributed by atoms with Crippen molar-refractivity contribution in [1.82, 2.24) is 0 Å². The lowest BCUT2D eigenvalue weighted by Gasteiger charge is -2.45. The van der Waals surface area contributed by atoms with Gasteiger partial charge in [-0.1, -0.05) is 41.5 Å². The molecule has 0 heterocycles. The van der Waals surface area contributed by atoms with Crippen LogP contribution in [0.15, 0.2) is 0 Å². The molecule has 0 saturated carbocycles. The fourth-order valence-electron chi connectivity index (χ4n) is 0.972.